The Kier molecular flexibility index (Phi) is 13.4. The lowest BCUT2D eigenvalue weighted by Crippen LogP contribution is -3.00. The molecule has 150 valence electrons. The molecule has 12 heteroatoms. The van der Waals surface area contributed by atoms with Gasteiger partial charge in [-0.25, -0.2) is 18.4 Å². The molecule has 0 aliphatic heterocycles. The van der Waals surface area contributed by atoms with Crippen LogP contribution >= 0.6 is 12.4 Å². The van der Waals surface area contributed by atoms with E-state index in [4.69, 9.17) is 10.2 Å². The van der Waals surface area contributed by atoms with Gasteiger partial charge in [0.2, 0.25) is 0 Å². The molecule has 0 saturated carbocycles. The molecule has 0 atom stereocenters. The van der Waals surface area contributed by atoms with Gasteiger partial charge in [0.15, 0.2) is 0 Å². The maximum Gasteiger partial charge on any atom is 0.338 e. The van der Waals surface area contributed by atoms with Gasteiger partial charge in [-0.05, 0) is 12.1 Å². The summed E-state index contributed by atoms with van der Waals surface area (Å²) in [5, 5.41) is 27.0. The lowest BCUT2D eigenvalue weighted by molar-refractivity contribution is -0.384. The number of carboxylic acids is 2. The van der Waals surface area contributed by atoms with Crippen LogP contribution in [0.4, 0.5) is 20.2 Å². The molecular formula is C15H16Cl2F2N2O6. The smallest absolute Gasteiger partial charge is 0.338 e. The number of nitro benzene ring substituents is 1. The van der Waals surface area contributed by atoms with E-state index < -0.39 is 39.7 Å². The second kappa shape index (κ2) is 12.5. The summed E-state index contributed by atoms with van der Waals surface area (Å²) in [6, 6.07) is 6.03. The fraction of sp³-hybridized carbons (Fsp3) is 0.0667. The third kappa shape index (κ3) is 8.40. The second-order valence-corrected chi connectivity index (χ2v) is 4.35. The van der Waals surface area contributed by atoms with Crippen molar-refractivity contribution < 1.29 is 51.6 Å². The van der Waals surface area contributed by atoms with E-state index >= 15 is 0 Å². The molecule has 0 unspecified atom stereocenters. The van der Waals surface area contributed by atoms with Crippen LogP contribution in [0.1, 0.15) is 28.1 Å². The molecule has 27 heavy (non-hydrogen) atoms. The molecule has 2 rings (SSSR count). The summed E-state index contributed by atoms with van der Waals surface area (Å²) in [5.74, 6) is -4.52. The zero-order valence-corrected chi connectivity index (χ0v) is 14.3. The van der Waals surface area contributed by atoms with E-state index in [0.717, 1.165) is 18.2 Å². The fourth-order valence-electron chi connectivity index (χ4n) is 1.53. The van der Waals surface area contributed by atoms with Gasteiger partial charge < -0.3 is 28.4 Å². The van der Waals surface area contributed by atoms with Crippen LogP contribution in [-0.2, 0) is 0 Å². The highest BCUT2D eigenvalue weighted by atomic mass is 35.5. The zero-order valence-electron chi connectivity index (χ0n) is 12.7. The van der Waals surface area contributed by atoms with Crippen LogP contribution in [-0.4, -0.2) is 27.1 Å². The van der Waals surface area contributed by atoms with Crippen LogP contribution in [0.5, 0.6) is 0 Å². The third-order valence-corrected chi connectivity index (χ3v) is 2.65. The summed E-state index contributed by atoms with van der Waals surface area (Å²) < 4.78 is 25.3. The van der Waals surface area contributed by atoms with Crippen molar-refractivity contribution in [2.24, 2.45) is 0 Å². The van der Waals surface area contributed by atoms with E-state index in [1.807, 2.05) is 0 Å². The van der Waals surface area contributed by atoms with E-state index in [9.17, 15) is 28.5 Å². The number of non-ortho nitro benzene ring substituents is 1. The summed E-state index contributed by atoms with van der Waals surface area (Å²) in [5.41, 5.74) is 2.48. The Morgan fingerprint density at radius 3 is 1.74 bits per heavy atom. The zero-order chi connectivity index (χ0) is 18.4. The topological polar surface area (TPSA) is 145 Å². The molecule has 0 saturated heterocycles. The first-order valence-electron chi connectivity index (χ1n) is 6.15. The molecule has 0 radical (unpaired) electrons. The molecule has 2 aromatic carbocycles. The molecule has 0 aliphatic carbocycles. The Labute approximate surface area is 164 Å². The van der Waals surface area contributed by atoms with Crippen LogP contribution in [0.3, 0.4) is 0 Å². The number of halogens is 4. The van der Waals surface area contributed by atoms with Gasteiger partial charge in [0, 0.05) is 24.3 Å². The number of hydrogen-bond donors (Lipinski definition) is 3. The molecular weight excluding hydrogens is 413 g/mol. The molecule has 0 aromatic heterocycles. The fourth-order valence-corrected chi connectivity index (χ4v) is 1.53. The summed E-state index contributed by atoms with van der Waals surface area (Å²) in [4.78, 5) is 30.0. The molecule has 5 N–H and O–H groups in total. The molecule has 0 amide bonds. The highest BCUT2D eigenvalue weighted by molar-refractivity contribution is 5.89. The Balaban J connectivity index is -0.000000388. The summed E-state index contributed by atoms with van der Waals surface area (Å²) in [6.07, 6.45) is 0. The first-order valence-corrected chi connectivity index (χ1v) is 6.15. The number of carboxylic acid groups (broad SMARTS) is 2. The lowest BCUT2D eigenvalue weighted by Gasteiger charge is -1.96. The largest absolute Gasteiger partial charge is 1.00 e. The average Bonchev–Trinajstić information content (AvgIpc) is 2.50. The van der Waals surface area contributed by atoms with Crippen molar-refractivity contribution in [3.05, 3.63) is 69.3 Å². The van der Waals surface area contributed by atoms with Crippen molar-refractivity contribution in [3.63, 3.8) is 0 Å². The number of carbonyl (C=O) groups is 2. The van der Waals surface area contributed by atoms with Gasteiger partial charge in [0.1, 0.15) is 28.4 Å². The number of aromatic carboxylic acids is 2. The maximum atomic E-state index is 12.7. The average molecular weight is 429 g/mol. The van der Waals surface area contributed by atoms with Gasteiger partial charge in [-0.2, -0.15) is 0 Å². The molecule has 8 nitrogen and oxygen atoms in total. The molecule has 0 aliphatic rings. The minimum absolute atomic E-state index is 0. The summed E-state index contributed by atoms with van der Waals surface area (Å²) in [7, 11) is 0. The van der Waals surface area contributed by atoms with Gasteiger partial charge in [-0.1, -0.05) is 7.43 Å². The Bertz CT molecular complexity index is 821. The van der Waals surface area contributed by atoms with E-state index in [0.29, 0.717) is 11.8 Å². The van der Waals surface area contributed by atoms with Crippen LogP contribution in [0, 0.1) is 21.7 Å². The van der Waals surface area contributed by atoms with E-state index in [1.54, 1.807) is 0 Å². The van der Waals surface area contributed by atoms with Crippen molar-refractivity contribution in [2.45, 2.75) is 7.43 Å². The molecule has 2 aromatic rings. The Morgan fingerprint density at radius 2 is 1.37 bits per heavy atom. The van der Waals surface area contributed by atoms with Crippen LogP contribution in [0.15, 0.2) is 36.4 Å². The van der Waals surface area contributed by atoms with Gasteiger partial charge in [-0.15, -0.1) is 12.4 Å². The minimum Gasteiger partial charge on any atom is -1.00 e. The quantitative estimate of drug-likeness (QED) is 0.459. The first kappa shape index (κ1) is 29.0. The van der Waals surface area contributed by atoms with Gasteiger partial charge >= 0.3 is 11.9 Å². The molecule has 0 spiro atoms. The van der Waals surface area contributed by atoms with E-state index in [-0.39, 0.29) is 37.8 Å². The lowest BCUT2D eigenvalue weighted by atomic mass is 10.2. The number of hydrogen-bond acceptors (Lipinski definition) is 4. The number of nitrogens with zero attached hydrogens (tertiary/aromatic N) is 1. The monoisotopic (exact) mass is 428 g/mol. The Morgan fingerprint density at radius 1 is 0.963 bits per heavy atom. The summed E-state index contributed by atoms with van der Waals surface area (Å²) in [6.45, 7) is 0. The minimum atomic E-state index is -1.53. The first-order chi connectivity index (χ1) is 11.1. The highest BCUT2D eigenvalue weighted by Gasteiger charge is 2.15. The van der Waals surface area contributed by atoms with Crippen LogP contribution in [0.2, 0.25) is 0 Å². The SMILES string of the molecule is C.Cl.O=C(O)c1cc([N+](=O)[O-])ccc1F.[Cl-].[NH3+]c1ccc(F)c(C(=O)O)c1. The van der Waals surface area contributed by atoms with Crippen LogP contribution < -0.4 is 18.1 Å². The van der Waals surface area contributed by atoms with Gasteiger partial charge in [0.25, 0.3) is 5.69 Å². The van der Waals surface area contributed by atoms with Crippen molar-refractivity contribution >= 4 is 35.7 Å². The van der Waals surface area contributed by atoms with E-state index in [2.05, 4.69) is 5.73 Å². The third-order valence-electron chi connectivity index (χ3n) is 2.65. The summed E-state index contributed by atoms with van der Waals surface area (Å²) >= 11 is 0. The molecule has 0 fully saturated rings. The van der Waals surface area contributed by atoms with E-state index in [1.165, 1.54) is 12.1 Å². The number of nitro groups is 1. The van der Waals surface area contributed by atoms with Crippen LogP contribution in [0.25, 0.3) is 0 Å². The molecule has 0 heterocycles. The molecule has 0 bridgehead atoms. The Hall–Kier alpha value is -2.82. The van der Waals surface area contributed by atoms with Crippen molar-refractivity contribution in [1.29, 1.82) is 0 Å². The predicted octanol–water partition coefficient (Wildman–Crippen LogP) is -0.109. The van der Waals surface area contributed by atoms with Crippen molar-refractivity contribution in [2.75, 3.05) is 0 Å². The number of quaternary nitrogens is 1. The number of rotatable bonds is 3. The second-order valence-electron chi connectivity index (χ2n) is 4.35. The van der Waals surface area contributed by atoms with Gasteiger partial charge in [-0.3, -0.25) is 10.1 Å². The maximum absolute atomic E-state index is 12.7. The standard InChI is InChI=1S/C7H4FNO4.C7H6FNO2.CH4.2ClH/c8-6-2-1-4(9(12)13)3-5(6)7(10)11;8-6-2-1-4(9)3-5(6)7(10)11;;;/h1-3H,(H,10,11);1-3H,9H2,(H,10,11);1H4;2*1H. The number of benzene rings is 2. The van der Waals surface area contributed by atoms with Gasteiger partial charge in [0.05, 0.1) is 4.92 Å². The normalized spacial score (nSPS) is 8.56. The highest BCUT2D eigenvalue weighted by Crippen LogP contribution is 2.16. The van der Waals surface area contributed by atoms with Crippen molar-refractivity contribution in [1.82, 2.24) is 0 Å². The van der Waals surface area contributed by atoms with Crippen molar-refractivity contribution in [3.8, 4) is 0 Å². The predicted molar refractivity (Wildman–Crippen MR) is 89.9 cm³/mol.